The number of hydrogen-bond acceptors (Lipinski definition) is 2. The Morgan fingerprint density at radius 2 is 1.52 bits per heavy atom. The average molecular weight is 276 g/mol. The van der Waals surface area contributed by atoms with Crippen molar-refractivity contribution >= 4 is 10.8 Å². The maximum Gasteiger partial charge on any atom is 0.0303 e. The average Bonchev–Trinajstić information content (AvgIpc) is 2.55. The molecule has 3 aromatic rings. The third-order valence-corrected chi connectivity index (χ3v) is 4.00. The van der Waals surface area contributed by atoms with Gasteiger partial charge in [0.25, 0.3) is 0 Å². The van der Waals surface area contributed by atoms with E-state index in [1.807, 2.05) is 12.4 Å². The standard InChI is InChI=1S/C19H20N2/c1-14(16-10-12-20-13-11-16)21-15(2)18-9-5-7-17-6-3-4-8-19(17)18/h3-15,21H,1-2H3/t14-,15-/m1/s1. The summed E-state index contributed by atoms with van der Waals surface area (Å²) >= 11 is 0. The Labute approximate surface area is 125 Å². The van der Waals surface area contributed by atoms with Gasteiger partial charge < -0.3 is 5.32 Å². The Hall–Kier alpha value is -2.19. The third kappa shape index (κ3) is 2.96. The number of fused-ring (bicyclic) bond motifs is 1. The van der Waals surface area contributed by atoms with Crippen molar-refractivity contribution in [3.05, 3.63) is 78.1 Å². The summed E-state index contributed by atoms with van der Waals surface area (Å²) in [6.45, 7) is 4.41. The van der Waals surface area contributed by atoms with Gasteiger partial charge in [-0.3, -0.25) is 4.98 Å². The molecule has 2 nitrogen and oxygen atoms in total. The van der Waals surface area contributed by atoms with Gasteiger partial charge in [-0.15, -0.1) is 0 Å². The van der Waals surface area contributed by atoms with Crippen molar-refractivity contribution in [1.82, 2.24) is 10.3 Å². The van der Waals surface area contributed by atoms with Crippen LogP contribution < -0.4 is 5.32 Å². The predicted molar refractivity (Wildman–Crippen MR) is 88.2 cm³/mol. The van der Waals surface area contributed by atoms with Crippen LogP contribution in [0.25, 0.3) is 10.8 Å². The molecule has 0 amide bonds. The van der Waals surface area contributed by atoms with Gasteiger partial charge in [-0.2, -0.15) is 0 Å². The monoisotopic (exact) mass is 276 g/mol. The molecule has 0 aliphatic rings. The first kappa shape index (κ1) is 13.8. The number of benzene rings is 2. The van der Waals surface area contributed by atoms with Gasteiger partial charge in [-0.1, -0.05) is 42.5 Å². The van der Waals surface area contributed by atoms with E-state index in [2.05, 4.69) is 78.7 Å². The minimum atomic E-state index is 0.291. The van der Waals surface area contributed by atoms with Gasteiger partial charge in [0.2, 0.25) is 0 Å². The summed E-state index contributed by atoms with van der Waals surface area (Å²) < 4.78 is 0. The van der Waals surface area contributed by atoms with Crippen LogP contribution in [0.1, 0.15) is 37.1 Å². The van der Waals surface area contributed by atoms with Crippen LogP contribution in [0.5, 0.6) is 0 Å². The first-order chi connectivity index (χ1) is 10.3. The summed E-state index contributed by atoms with van der Waals surface area (Å²) in [5, 5.41) is 6.29. The molecule has 2 heteroatoms. The molecule has 0 radical (unpaired) electrons. The number of hydrogen-bond donors (Lipinski definition) is 1. The number of nitrogens with zero attached hydrogens (tertiary/aromatic N) is 1. The Balaban J connectivity index is 1.86. The summed E-state index contributed by atoms with van der Waals surface area (Å²) in [7, 11) is 0. The summed E-state index contributed by atoms with van der Waals surface area (Å²) in [6.07, 6.45) is 3.69. The fourth-order valence-corrected chi connectivity index (χ4v) is 2.84. The summed E-state index contributed by atoms with van der Waals surface area (Å²) in [6, 6.07) is 19.8. The summed E-state index contributed by atoms with van der Waals surface area (Å²) in [5.41, 5.74) is 2.60. The molecule has 0 bridgehead atoms. The fraction of sp³-hybridized carbons (Fsp3) is 0.211. The van der Waals surface area contributed by atoms with E-state index < -0.39 is 0 Å². The second kappa shape index (κ2) is 6.06. The molecule has 0 saturated heterocycles. The minimum absolute atomic E-state index is 0.291. The highest BCUT2D eigenvalue weighted by Gasteiger charge is 2.13. The topological polar surface area (TPSA) is 24.9 Å². The maximum absolute atomic E-state index is 4.08. The highest BCUT2D eigenvalue weighted by atomic mass is 14.9. The van der Waals surface area contributed by atoms with Gasteiger partial charge in [-0.05, 0) is 47.9 Å². The van der Waals surface area contributed by atoms with E-state index in [9.17, 15) is 0 Å². The van der Waals surface area contributed by atoms with E-state index in [0.717, 1.165) is 0 Å². The predicted octanol–water partition coefficient (Wildman–Crippen LogP) is 4.65. The van der Waals surface area contributed by atoms with Crippen molar-refractivity contribution < 1.29 is 0 Å². The molecular weight excluding hydrogens is 256 g/mol. The van der Waals surface area contributed by atoms with E-state index in [4.69, 9.17) is 0 Å². The molecule has 3 rings (SSSR count). The third-order valence-electron chi connectivity index (χ3n) is 4.00. The van der Waals surface area contributed by atoms with Crippen LogP contribution in [0.3, 0.4) is 0 Å². The van der Waals surface area contributed by atoms with Crippen molar-refractivity contribution in [3.63, 3.8) is 0 Å². The summed E-state index contributed by atoms with van der Waals surface area (Å²) in [5.74, 6) is 0. The van der Waals surface area contributed by atoms with E-state index in [-0.39, 0.29) is 0 Å². The molecule has 1 aromatic heterocycles. The normalized spacial score (nSPS) is 14.0. The largest absolute Gasteiger partial charge is 0.304 e. The van der Waals surface area contributed by atoms with Crippen molar-refractivity contribution in [2.24, 2.45) is 0 Å². The fourth-order valence-electron chi connectivity index (χ4n) is 2.84. The highest BCUT2D eigenvalue weighted by Crippen LogP contribution is 2.26. The van der Waals surface area contributed by atoms with E-state index in [1.165, 1.54) is 21.9 Å². The van der Waals surface area contributed by atoms with Crippen molar-refractivity contribution in [2.45, 2.75) is 25.9 Å². The molecule has 0 spiro atoms. The number of nitrogens with one attached hydrogen (secondary N) is 1. The molecule has 21 heavy (non-hydrogen) atoms. The zero-order valence-electron chi connectivity index (χ0n) is 12.5. The van der Waals surface area contributed by atoms with Crippen LogP contribution in [-0.2, 0) is 0 Å². The number of aromatic nitrogens is 1. The van der Waals surface area contributed by atoms with Crippen LogP contribution in [0.2, 0.25) is 0 Å². The van der Waals surface area contributed by atoms with Crippen molar-refractivity contribution in [3.8, 4) is 0 Å². The maximum atomic E-state index is 4.08. The molecule has 1 N–H and O–H groups in total. The van der Waals surface area contributed by atoms with Gasteiger partial charge in [0, 0.05) is 24.5 Å². The second-order valence-corrected chi connectivity index (χ2v) is 5.46. The van der Waals surface area contributed by atoms with E-state index in [1.54, 1.807) is 0 Å². The lowest BCUT2D eigenvalue weighted by Gasteiger charge is -2.22. The lowest BCUT2D eigenvalue weighted by molar-refractivity contribution is 0.496. The number of rotatable bonds is 4. The Morgan fingerprint density at radius 3 is 2.33 bits per heavy atom. The SMILES string of the molecule is C[C@@H](N[C@H](C)c1cccc2ccccc12)c1ccncc1. The van der Waals surface area contributed by atoms with Crippen LogP contribution in [-0.4, -0.2) is 4.98 Å². The smallest absolute Gasteiger partial charge is 0.0303 e. The first-order valence-corrected chi connectivity index (χ1v) is 7.39. The van der Waals surface area contributed by atoms with Crippen LogP contribution in [0, 0.1) is 0 Å². The zero-order chi connectivity index (χ0) is 14.7. The molecule has 0 saturated carbocycles. The quantitative estimate of drug-likeness (QED) is 0.750. The number of pyridine rings is 1. The molecule has 2 atom stereocenters. The van der Waals surface area contributed by atoms with Crippen molar-refractivity contribution in [1.29, 1.82) is 0 Å². The van der Waals surface area contributed by atoms with Gasteiger partial charge in [0.1, 0.15) is 0 Å². The highest BCUT2D eigenvalue weighted by molar-refractivity contribution is 5.86. The van der Waals surface area contributed by atoms with Crippen LogP contribution in [0.4, 0.5) is 0 Å². The van der Waals surface area contributed by atoms with Gasteiger partial charge in [0.15, 0.2) is 0 Å². The first-order valence-electron chi connectivity index (χ1n) is 7.39. The lowest BCUT2D eigenvalue weighted by atomic mass is 9.98. The summed E-state index contributed by atoms with van der Waals surface area (Å²) in [4.78, 5) is 4.08. The molecule has 0 aliphatic heterocycles. The minimum Gasteiger partial charge on any atom is -0.304 e. The van der Waals surface area contributed by atoms with Gasteiger partial charge in [0.05, 0.1) is 0 Å². The van der Waals surface area contributed by atoms with Crippen LogP contribution >= 0.6 is 0 Å². The van der Waals surface area contributed by atoms with Crippen molar-refractivity contribution in [2.75, 3.05) is 0 Å². The molecule has 1 heterocycles. The Kier molecular flexibility index (Phi) is 3.98. The molecule has 0 unspecified atom stereocenters. The van der Waals surface area contributed by atoms with Gasteiger partial charge >= 0.3 is 0 Å². The molecular formula is C19H20N2. The van der Waals surface area contributed by atoms with E-state index in [0.29, 0.717) is 12.1 Å². The Bertz CT molecular complexity index is 716. The molecule has 106 valence electrons. The molecule has 0 fully saturated rings. The lowest BCUT2D eigenvalue weighted by Crippen LogP contribution is -2.22. The Morgan fingerprint density at radius 1 is 0.810 bits per heavy atom. The van der Waals surface area contributed by atoms with Crippen LogP contribution in [0.15, 0.2) is 67.0 Å². The zero-order valence-corrected chi connectivity index (χ0v) is 12.5. The second-order valence-electron chi connectivity index (χ2n) is 5.46. The van der Waals surface area contributed by atoms with E-state index >= 15 is 0 Å². The molecule has 0 aliphatic carbocycles. The molecule has 2 aromatic carbocycles. The van der Waals surface area contributed by atoms with Gasteiger partial charge in [-0.25, -0.2) is 0 Å².